The Hall–Kier alpha value is -2.56. The monoisotopic (exact) mass is 431 g/mol. The average Bonchev–Trinajstić information content (AvgIpc) is 3.49. The van der Waals surface area contributed by atoms with Crippen LogP contribution in [0.15, 0.2) is 47.6 Å². The predicted octanol–water partition coefficient (Wildman–Crippen LogP) is 2.10. The third-order valence-electron chi connectivity index (χ3n) is 5.50. The summed E-state index contributed by atoms with van der Waals surface area (Å²) in [4.78, 5) is 17.0. The van der Waals surface area contributed by atoms with Crippen LogP contribution in [0.2, 0.25) is 0 Å². The zero-order chi connectivity index (χ0) is 21.1. The van der Waals surface area contributed by atoms with Crippen molar-refractivity contribution in [1.82, 2.24) is 29.0 Å². The molecule has 0 unspecified atom stereocenters. The lowest BCUT2D eigenvalue weighted by Gasteiger charge is -2.28. The Morgan fingerprint density at radius 3 is 2.87 bits per heavy atom. The molecule has 4 heterocycles. The van der Waals surface area contributed by atoms with Crippen molar-refractivity contribution in [3.05, 3.63) is 58.1 Å². The van der Waals surface area contributed by atoms with Gasteiger partial charge in [0.05, 0.1) is 31.7 Å². The standard InChI is InChI=1S/C20H26FN7OS/c1-25-6-4-17(5-7-25)27-12-16(10-23-27)19-3-2-18(30-19)13-26-14-24-28(20(26)29)11-15(8-21)9-22/h2-3,8,10,12,14,17H,4-7,9,11,13,22H2,1H3/b15-8+. The molecule has 0 spiro atoms. The van der Waals surface area contributed by atoms with Crippen LogP contribution in [-0.4, -0.2) is 55.7 Å². The van der Waals surface area contributed by atoms with Gasteiger partial charge < -0.3 is 10.6 Å². The van der Waals surface area contributed by atoms with Gasteiger partial charge in [0, 0.05) is 28.1 Å². The third kappa shape index (κ3) is 4.45. The second-order valence-electron chi connectivity index (χ2n) is 7.68. The molecule has 10 heteroatoms. The summed E-state index contributed by atoms with van der Waals surface area (Å²) in [5.74, 6) is 0. The first-order valence-electron chi connectivity index (χ1n) is 9.99. The molecule has 3 aromatic rings. The van der Waals surface area contributed by atoms with Crippen LogP contribution in [0.1, 0.15) is 23.8 Å². The maximum atomic E-state index is 12.7. The molecule has 1 aliphatic rings. The molecular formula is C20H26FN7OS. The van der Waals surface area contributed by atoms with Crippen molar-refractivity contribution < 1.29 is 4.39 Å². The van der Waals surface area contributed by atoms with E-state index in [1.54, 1.807) is 11.3 Å². The van der Waals surface area contributed by atoms with Crippen molar-refractivity contribution in [2.24, 2.45) is 5.73 Å². The summed E-state index contributed by atoms with van der Waals surface area (Å²) in [5, 5.41) is 8.65. The second kappa shape index (κ2) is 9.07. The highest BCUT2D eigenvalue weighted by Gasteiger charge is 2.19. The first-order chi connectivity index (χ1) is 14.6. The molecule has 0 saturated carbocycles. The number of nitrogens with zero attached hydrogens (tertiary/aromatic N) is 6. The molecule has 4 rings (SSSR count). The number of hydrogen-bond acceptors (Lipinski definition) is 6. The summed E-state index contributed by atoms with van der Waals surface area (Å²) in [6, 6.07) is 4.53. The Bertz CT molecular complexity index is 1070. The predicted molar refractivity (Wildman–Crippen MR) is 115 cm³/mol. The summed E-state index contributed by atoms with van der Waals surface area (Å²) < 4.78 is 17.6. The molecule has 0 bridgehead atoms. The fourth-order valence-corrected chi connectivity index (χ4v) is 4.62. The van der Waals surface area contributed by atoms with Gasteiger partial charge in [-0.05, 0) is 50.7 Å². The summed E-state index contributed by atoms with van der Waals surface area (Å²) in [7, 11) is 2.15. The Kier molecular flexibility index (Phi) is 6.26. The van der Waals surface area contributed by atoms with Crippen molar-refractivity contribution in [3.63, 3.8) is 0 Å². The van der Waals surface area contributed by atoms with Gasteiger partial charge in [0.25, 0.3) is 0 Å². The number of piperidine rings is 1. The van der Waals surface area contributed by atoms with E-state index in [9.17, 15) is 9.18 Å². The molecule has 0 aromatic carbocycles. The Morgan fingerprint density at radius 2 is 2.13 bits per heavy atom. The summed E-state index contributed by atoms with van der Waals surface area (Å²) in [6.45, 7) is 2.72. The van der Waals surface area contributed by atoms with Crippen LogP contribution >= 0.6 is 11.3 Å². The van der Waals surface area contributed by atoms with E-state index in [0.717, 1.165) is 41.2 Å². The van der Waals surface area contributed by atoms with Gasteiger partial charge in [-0.2, -0.15) is 10.2 Å². The molecule has 160 valence electrons. The van der Waals surface area contributed by atoms with E-state index in [4.69, 9.17) is 5.73 Å². The number of halogens is 1. The fourth-order valence-electron chi connectivity index (χ4n) is 3.63. The van der Waals surface area contributed by atoms with Gasteiger partial charge in [0.1, 0.15) is 6.33 Å². The molecule has 1 fully saturated rings. The van der Waals surface area contributed by atoms with Crippen LogP contribution in [0.3, 0.4) is 0 Å². The van der Waals surface area contributed by atoms with E-state index < -0.39 is 0 Å². The largest absolute Gasteiger partial charge is 0.346 e. The van der Waals surface area contributed by atoms with Gasteiger partial charge in [-0.1, -0.05) is 0 Å². The first kappa shape index (κ1) is 20.7. The lowest BCUT2D eigenvalue weighted by molar-refractivity contribution is 0.212. The molecule has 0 aliphatic carbocycles. The Labute approximate surface area is 178 Å². The van der Waals surface area contributed by atoms with Crippen molar-refractivity contribution in [3.8, 4) is 10.4 Å². The van der Waals surface area contributed by atoms with Crippen LogP contribution in [-0.2, 0) is 13.1 Å². The lowest BCUT2D eigenvalue weighted by Crippen LogP contribution is -2.31. The highest BCUT2D eigenvalue weighted by Crippen LogP contribution is 2.30. The number of aromatic nitrogens is 5. The number of likely N-dealkylation sites (tertiary alicyclic amines) is 1. The van der Waals surface area contributed by atoms with E-state index in [0.29, 0.717) is 24.5 Å². The molecule has 0 radical (unpaired) electrons. The van der Waals surface area contributed by atoms with Crippen LogP contribution < -0.4 is 11.4 Å². The number of thiophene rings is 1. The average molecular weight is 432 g/mol. The molecule has 3 aromatic heterocycles. The normalized spacial score (nSPS) is 16.4. The van der Waals surface area contributed by atoms with Crippen LogP contribution in [0, 0.1) is 0 Å². The molecule has 8 nitrogen and oxygen atoms in total. The van der Waals surface area contributed by atoms with E-state index in [1.165, 1.54) is 15.6 Å². The van der Waals surface area contributed by atoms with Gasteiger partial charge >= 0.3 is 5.69 Å². The fraction of sp³-hybridized carbons (Fsp3) is 0.450. The van der Waals surface area contributed by atoms with Crippen molar-refractivity contribution in [2.75, 3.05) is 26.7 Å². The third-order valence-corrected chi connectivity index (χ3v) is 6.62. The molecule has 1 aliphatic heterocycles. The first-order valence-corrected chi connectivity index (χ1v) is 10.8. The minimum Gasteiger partial charge on any atom is -0.327 e. The zero-order valence-electron chi connectivity index (χ0n) is 16.9. The van der Waals surface area contributed by atoms with Crippen LogP contribution in [0.25, 0.3) is 10.4 Å². The maximum absolute atomic E-state index is 12.7. The highest BCUT2D eigenvalue weighted by molar-refractivity contribution is 7.15. The molecule has 1 saturated heterocycles. The topological polar surface area (TPSA) is 86.9 Å². The number of hydrogen-bond donors (Lipinski definition) is 1. The van der Waals surface area contributed by atoms with E-state index >= 15 is 0 Å². The van der Waals surface area contributed by atoms with Crippen LogP contribution in [0.4, 0.5) is 4.39 Å². The number of rotatable bonds is 7. The van der Waals surface area contributed by atoms with E-state index in [2.05, 4.69) is 39.1 Å². The second-order valence-corrected chi connectivity index (χ2v) is 8.85. The van der Waals surface area contributed by atoms with E-state index in [-0.39, 0.29) is 18.8 Å². The van der Waals surface area contributed by atoms with Crippen molar-refractivity contribution in [2.45, 2.75) is 32.0 Å². The van der Waals surface area contributed by atoms with Crippen molar-refractivity contribution in [1.29, 1.82) is 0 Å². The van der Waals surface area contributed by atoms with Gasteiger partial charge in [0.15, 0.2) is 0 Å². The van der Waals surface area contributed by atoms with Gasteiger partial charge in [-0.25, -0.2) is 13.9 Å². The molecule has 0 amide bonds. The van der Waals surface area contributed by atoms with E-state index in [1.807, 2.05) is 12.3 Å². The Balaban J connectivity index is 1.44. The van der Waals surface area contributed by atoms with Crippen LogP contribution in [0.5, 0.6) is 0 Å². The van der Waals surface area contributed by atoms with Crippen molar-refractivity contribution >= 4 is 11.3 Å². The SMILES string of the molecule is CN1CCC(n2cc(-c3ccc(Cn4cnn(C/C(=C/F)CN)c4=O)s3)cn2)CC1. The summed E-state index contributed by atoms with van der Waals surface area (Å²) in [5.41, 5.74) is 6.59. The van der Waals surface area contributed by atoms with Gasteiger partial charge in [-0.15, -0.1) is 11.3 Å². The minimum atomic E-state index is -0.284. The summed E-state index contributed by atoms with van der Waals surface area (Å²) in [6.07, 6.45) is 8.17. The zero-order valence-corrected chi connectivity index (χ0v) is 17.8. The summed E-state index contributed by atoms with van der Waals surface area (Å²) >= 11 is 1.63. The lowest BCUT2D eigenvalue weighted by atomic mass is 10.1. The van der Waals surface area contributed by atoms with Gasteiger partial charge in [-0.3, -0.25) is 9.25 Å². The molecule has 0 atom stereocenters. The number of nitrogens with two attached hydrogens (primary N) is 1. The molecular weight excluding hydrogens is 405 g/mol. The smallest absolute Gasteiger partial charge is 0.327 e. The van der Waals surface area contributed by atoms with Gasteiger partial charge in [0.2, 0.25) is 0 Å². The maximum Gasteiger partial charge on any atom is 0.346 e. The quantitative estimate of drug-likeness (QED) is 0.619. The highest BCUT2D eigenvalue weighted by atomic mass is 32.1. The molecule has 2 N–H and O–H groups in total. The Morgan fingerprint density at radius 1 is 1.33 bits per heavy atom. The minimum absolute atomic E-state index is 0.0509. The molecule has 30 heavy (non-hydrogen) atoms.